The Kier molecular flexibility index (Phi) is 8.85. The topological polar surface area (TPSA) is 47.9 Å². The third-order valence-corrected chi connectivity index (χ3v) is 13.2. The Balaban J connectivity index is 1.07. The molecule has 7 rings (SSSR count). The summed E-state index contributed by atoms with van der Waals surface area (Å²) in [7, 11) is 0. The lowest BCUT2D eigenvalue weighted by Crippen LogP contribution is -2.51. The summed E-state index contributed by atoms with van der Waals surface area (Å²) in [5, 5.41) is 0. The molecule has 0 amide bonds. The Morgan fingerprint density at radius 2 is 1.52 bits per heavy atom. The van der Waals surface area contributed by atoms with Crippen LogP contribution in [-0.4, -0.2) is 21.1 Å². The molecule has 4 aliphatic carbocycles. The van der Waals surface area contributed by atoms with Gasteiger partial charge in [0.15, 0.2) is 0 Å². The van der Waals surface area contributed by atoms with E-state index in [4.69, 9.17) is 9.72 Å². The molecule has 3 saturated carbocycles. The zero-order valence-corrected chi connectivity index (χ0v) is 28.9. The molecule has 0 bridgehead atoms. The van der Waals surface area contributed by atoms with E-state index in [1.807, 2.05) is 48.8 Å². The summed E-state index contributed by atoms with van der Waals surface area (Å²) >= 11 is 0. The molecule has 244 valence electrons. The maximum absolute atomic E-state index is 6.85. The fraction of sp³-hybridized carbons (Fsp3) is 0.595. The van der Waals surface area contributed by atoms with Crippen molar-refractivity contribution in [3.05, 3.63) is 72.6 Å². The van der Waals surface area contributed by atoms with E-state index < -0.39 is 0 Å². The molecule has 0 radical (unpaired) electrons. The summed E-state index contributed by atoms with van der Waals surface area (Å²) in [6.07, 6.45) is 21.2. The average Bonchev–Trinajstić information content (AvgIpc) is 3.43. The highest BCUT2D eigenvalue weighted by Crippen LogP contribution is 2.67. The van der Waals surface area contributed by atoms with Crippen molar-refractivity contribution in [1.82, 2.24) is 15.0 Å². The first kappa shape index (κ1) is 31.6. The van der Waals surface area contributed by atoms with Crippen molar-refractivity contribution < 1.29 is 4.74 Å². The number of pyridine rings is 3. The summed E-state index contributed by atoms with van der Waals surface area (Å²) in [4.78, 5) is 14.1. The molecule has 3 fully saturated rings. The van der Waals surface area contributed by atoms with E-state index >= 15 is 0 Å². The minimum absolute atomic E-state index is 0.183. The number of ether oxygens (including phenoxy) is 1. The van der Waals surface area contributed by atoms with Crippen molar-refractivity contribution >= 4 is 0 Å². The monoisotopic (exact) mass is 617 g/mol. The number of allylic oxidation sites excluding steroid dienone is 1. The fourth-order valence-electron chi connectivity index (χ4n) is 10.8. The van der Waals surface area contributed by atoms with Gasteiger partial charge in [-0.1, -0.05) is 77.7 Å². The minimum atomic E-state index is 0.183. The van der Waals surface area contributed by atoms with Crippen LogP contribution in [0.1, 0.15) is 105 Å². The van der Waals surface area contributed by atoms with Crippen LogP contribution in [0, 0.1) is 46.3 Å². The Morgan fingerprint density at radius 1 is 0.804 bits per heavy atom. The molecule has 3 heterocycles. The molecule has 4 nitrogen and oxygen atoms in total. The average molecular weight is 618 g/mol. The van der Waals surface area contributed by atoms with Crippen molar-refractivity contribution in [2.45, 2.75) is 111 Å². The molecule has 0 aliphatic heterocycles. The molecule has 8 atom stereocenters. The fourth-order valence-corrected chi connectivity index (χ4v) is 10.8. The quantitative estimate of drug-likeness (QED) is 0.224. The zero-order valence-electron chi connectivity index (χ0n) is 28.9. The molecule has 0 spiro atoms. The van der Waals surface area contributed by atoms with E-state index in [1.54, 1.807) is 5.57 Å². The van der Waals surface area contributed by atoms with Gasteiger partial charge in [0.25, 0.3) is 0 Å². The minimum Gasteiger partial charge on any atom is -0.490 e. The van der Waals surface area contributed by atoms with Crippen LogP contribution in [0.3, 0.4) is 0 Å². The molecule has 46 heavy (non-hydrogen) atoms. The van der Waals surface area contributed by atoms with E-state index in [2.05, 4.69) is 62.8 Å². The highest BCUT2D eigenvalue weighted by molar-refractivity contribution is 5.64. The SMILES string of the molecule is CC(C)CCC[C@@H](C)[C@H]1CC[C@H]2[C@@H]3CC=C4C[C@@H](Oc5cc(-c6ccccn6)nc(-c6ccccn6)c5)CC[C@]4(C)[C@H]3CC[C@]12C. The van der Waals surface area contributed by atoms with Crippen LogP contribution in [-0.2, 0) is 0 Å². The second-order valence-electron chi connectivity index (χ2n) is 16.3. The molecular weight excluding hydrogens is 562 g/mol. The van der Waals surface area contributed by atoms with Crippen LogP contribution < -0.4 is 4.74 Å². The van der Waals surface area contributed by atoms with Crippen LogP contribution >= 0.6 is 0 Å². The third kappa shape index (κ3) is 5.95. The van der Waals surface area contributed by atoms with E-state index in [-0.39, 0.29) is 6.10 Å². The molecule has 3 aromatic rings. The molecule has 0 N–H and O–H groups in total. The lowest BCUT2D eigenvalue weighted by atomic mass is 9.47. The van der Waals surface area contributed by atoms with Crippen molar-refractivity contribution in [3.8, 4) is 28.5 Å². The van der Waals surface area contributed by atoms with Crippen LogP contribution in [0.5, 0.6) is 5.75 Å². The first-order valence-corrected chi connectivity index (χ1v) is 18.5. The number of aromatic nitrogens is 3. The lowest BCUT2D eigenvalue weighted by Gasteiger charge is -2.58. The molecular formula is C42H55N3O. The van der Waals surface area contributed by atoms with Gasteiger partial charge in [0, 0.05) is 30.9 Å². The standard InChI is InChI=1S/C42H55N3O/c1-28(2)11-10-12-29(3)34-17-18-35-33-16-15-30-25-31(19-21-41(30,4)36(33)20-22-42(34,35)5)46-32-26-39(37-13-6-8-23-43-37)45-40(27-32)38-14-7-9-24-44-38/h6-9,13-15,23-24,26-29,31,33-36H,10-12,16-22,25H2,1-5H3/t29-,31+,33+,34-,35+,36+,41+,42-/m1/s1. The highest BCUT2D eigenvalue weighted by Gasteiger charge is 2.59. The van der Waals surface area contributed by atoms with Gasteiger partial charge < -0.3 is 4.74 Å². The molecule has 3 aromatic heterocycles. The van der Waals surface area contributed by atoms with E-state index in [0.717, 1.165) is 76.9 Å². The number of rotatable bonds is 9. The van der Waals surface area contributed by atoms with E-state index in [1.165, 1.54) is 57.8 Å². The van der Waals surface area contributed by atoms with Gasteiger partial charge in [0.05, 0.1) is 22.8 Å². The van der Waals surface area contributed by atoms with Crippen LogP contribution in [0.2, 0.25) is 0 Å². The van der Waals surface area contributed by atoms with Crippen LogP contribution in [0.15, 0.2) is 72.6 Å². The second-order valence-corrected chi connectivity index (χ2v) is 16.3. The molecule has 4 aliphatic rings. The lowest BCUT2D eigenvalue weighted by molar-refractivity contribution is -0.0559. The largest absolute Gasteiger partial charge is 0.490 e. The van der Waals surface area contributed by atoms with Crippen molar-refractivity contribution in [2.24, 2.45) is 46.3 Å². The summed E-state index contributed by atoms with van der Waals surface area (Å²) < 4.78 is 6.85. The summed E-state index contributed by atoms with van der Waals surface area (Å²) in [5.74, 6) is 6.07. The Morgan fingerprint density at radius 3 is 2.17 bits per heavy atom. The summed E-state index contributed by atoms with van der Waals surface area (Å²) in [5.41, 5.74) is 5.90. The van der Waals surface area contributed by atoms with Crippen LogP contribution in [0.25, 0.3) is 22.8 Å². The highest BCUT2D eigenvalue weighted by atomic mass is 16.5. The molecule has 0 aromatic carbocycles. The van der Waals surface area contributed by atoms with E-state index in [0.29, 0.717) is 10.8 Å². The summed E-state index contributed by atoms with van der Waals surface area (Å²) in [6, 6.07) is 16.1. The Bertz CT molecular complexity index is 1460. The number of nitrogens with zero attached hydrogens (tertiary/aromatic N) is 3. The molecule has 0 unspecified atom stereocenters. The van der Waals surface area contributed by atoms with Gasteiger partial charge in [-0.2, -0.15) is 0 Å². The number of fused-ring (bicyclic) bond motifs is 5. The van der Waals surface area contributed by atoms with Gasteiger partial charge in [-0.15, -0.1) is 0 Å². The number of hydrogen-bond donors (Lipinski definition) is 0. The first-order valence-electron chi connectivity index (χ1n) is 18.5. The summed E-state index contributed by atoms with van der Waals surface area (Å²) in [6.45, 7) is 12.7. The zero-order chi connectivity index (χ0) is 31.9. The van der Waals surface area contributed by atoms with Gasteiger partial charge in [0.1, 0.15) is 11.9 Å². The van der Waals surface area contributed by atoms with Crippen LogP contribution in [0.4, 0.5) is 0 Å². The predicted molar refractivity (Wildman–Crippen MR) is 188 cm³/mol. The van der Waals surface area contributed by atoms with Gasteiger partial charge in [-0.05, 0) is 116 Å². The molecule has 4 heteroatoms. The van der Waals surface area contributed by atoms with Gasteiger partial charge in [0.2, 0.25) is 0 Å². The Labute approximate surface area is 277 Å². The van der Waals surface area contributed by atoms with E-state index in [9.17, 15) is 0 Å². The maximum Gasteiger partial charge on any atom is 0.124 e. The number of hydrogen-bond acceptors (Lipinski definition) is 4. The van der Waals surface area contributed by atoms with Gasteiger partial charge in [-0.3, -0.25) is 9.97 Å². The Hall–Kier alpha value is -3.01. The van der Waals surface area contributed by atoms with Gasteiger partial charge in [-0.25, -0.2) is 4.98 Å². The third-order valence-electron chi connectivity index (χ3n) is 13.2. The van der Waals surface area contributed by atoms with Crippen molar-refractivity contribution in [3.63, 3.8) is 0 Å². The predicted octanol–water partition coefficient (Wildman–Crippen LogP) is 11.0. The molecule has 0 saturated heterocycles. The van der Waals surface area contributed by atoms with Crippen molar-refractivity contribution in [1.29, 1.82) is 0 Å². The maximum atomic E-state index is 6.85. The second kappa shape index (κ2) is 12.9. The van der Waals surface area contributed by atoms with Gasteiger partial charge >= 0.3 is 0 Å². The smallest absolute Gasteiger partial charge is 0.124 e. The first-order chi connectivity index (χ1) is 22.2. The van der Waals surface area contributed by atoms with Crippen molar-refractivity contribution in [2.75, 3.05) is 0 Å². The normalized spacial score (nSPS) is 32.7.